The van der Waals surface area contributed by atoms with Crippen molar-refractivity contribution in [3.05, 3.63) is 29.6 Å². The van der Waals surface area contributed by atoms with Crippen LogP contribution in [0, 0.1) is 6.92 Å². The fraction of sp³-hybridized carbons (Fsp3) is 0.533. The van der Waals surface area contributed by atoms with E-state index in [9.17, 15) is 4.79 Å². The third-order valence-corrected chi connectivity index (χ3v) is 2.89. The van der Waals surface area contributed by atoms with Gasteiger partial charge in [-0.1, -0.05) is 6.07 Å². The molecule has 0 saturated carbocycles. The maximum absolute atomic E-state index is 11.5. The molecule has 0 bridgehead atoms. The molecule has 1 rings (SSSR count). The summed E-state index contributed by atoms with van der Waals surface area (Å²) in [5.41, 5.74) is 2.19. The summed E-state index contributed by atoms with van der Waals surface area (Å²) in [5, 5.41) is 6.34. The number of pyridine rings is 1. The molecule has 7 heteroatoms. The number of halogens is 1. The molecule has 0 aliphatic rings. The Kier molecular flexibility index (Phi) is 10.5. The van der Waals surface area contributed by atoms with Gasteiger partial charge in [-0.15, -0.1) is 24.0 Å². The second kappa shape index (κ2) is 11.2. The van der Waals surface area contributed by atoms with E-state index in [-0.39, 0.29) is 36.4 Å². The summed E-state index contributed by atoms with van der Waals surface area (Å²) in [6, 6.07) is 4.08. The van der Waals surface area contributed by atoms with Crippen LogP contribution in [0.4, 0.5) is 0 Å². The smallest absolute Gasteiger partial charge is 0.243 e. The number of aromatic nitrogens is 1. The Morgan fingerprint density at radius 2 is 2.05 bits per heavy atom. The number of aliphatic imine (C=N–C) groups is 1. The summed E-state index contributed by atoms with van der Waals surface area (Å²) in [4.78, 5) is 21.6. The van der Waals surface area contributed by atoms with Gasteiger partial charge in [-0.05, 0) is 31.9 Å². The summed E-state index contributed by atoms with van der Waals surface area (Å²) in [6.07, 6.45) is 2.75. The van der Waals surface area contributed by atoms with E-state index in [0.717, 1.165) is 25.2 Å². The van der Waals surface area contributed by atoms with E-state index >= 15 is 0 Å². The minimum atomic E-state index is -0.0186. The Labute approximate surface area is 149 Å². The van der Waals surface area contributed by atoms with Crippen LogP contribution in [0.15, 0.2) is 23.3 Å². The lowest BCUT2D eigenvalue weighted by atomic mass is 10.2. The van der Waals surface area contributed by atoms with Gasteiger partial charge in [0.25, 0.3) is 0 Å². The van der Waals surface area contributed by atoms with E-state index in [1.165, 1.54) is 10.5 Å². The standard InChI is InChI=1S/C15H25N5O.HI/c1-5-16-15(19-11-14(21)20(3)4)17-9-8-13-7-6-12(2)18-10-13;/h6-7,10H,5,8-9,11H2,1-4H3,(H2,16,17,19);1H. The van der Waals surface area contributed by atoms with Gasteiger partial charge in [0.05, 0.1) is 0 Å². The van der Waals surface area contributed by atoms with Gasteiger partial charge in [-0.25, -0.2) is 4.99 Å². The third-order valence-electron chi connectivity index (χ3n) is 2.89. The Hall–Kier alpha value is -1.38. The van der Waals surface area contributed by atoms with Gasteiger partial charge in [0.2, 0.25) is 5.91 Å². The fourth-order valence-corrected chi connectivity index (χ4v) is 1.60. The molecule has 0 aliphatic heterocycles. The van der Waals surface area contributed by atoms with Gasteiger partial charge in [-0.3, -0.25) is 9.78 Å². The first-order valence-electron chi connectivity index (χ1n) is 7.16. The van der Waals surface area contributed by atoms with E-state index < -0.39 is 0 Å². The van der Waals surface area contributed by atoms with E-state index in [1.54, 1.807) is 14.1 Å². The highest BCUT2D eigenvalue weighted by molar-refractivity contribution is 14.0. The van der Waals surface area contributed by atoms with Crippen molar-refractivity contribution in [3.8, 4) is 0 Å². The van der Waals surface area contributed by atoms with Crippen molar-refractivity contribution in [2.24, 2.45) is 4.99 Å². The van der Waals surface area contributed by atoms with E-state index in [4.69, 9.17) is 0 Å². The molecule has 0 aromatic carbocycles. The zero-order valence-corrected chi connectivity index (χ0v) is 16.0. The van der Waals surface area contributed by atoms with Crippen molar-refractivity contribution in [1.82, 2.24) is 20.5 Å². The largest absolute Gasteiger partial charge is 0.357 e. The molecule has 0 saturated heterocycles. The van der Waals surface area contributed by atoms with Crippen molar-refractivity contribution in [1.29, 1.82) is 0 Å². The van der Waals surface area contributed by atoms with Gasteiger partial charge >= 0.3 is 0 Å². The normalized spacial score (nSPS) is 10.6. The molecule has 124 valence electrons. The SMILES string of the molecule is CCNC(=NCC(=O)N(C)C)NCCc1ccc(C)nc1.I. The molecule has 2 N–H and O–H groups in total. The number of carbonyl (C=O) groups excluding carboxylic acids is 1. The molecular weight excluding hydrogens is 393 g/mol. The molecule has 1 aromatic rings. The molecule has 0 atom stereocenters. The van der Waals surface area contributed by atoms with E-state index in [2.05, 4.69) is 26.7 Å². The maximum Gasteiger partial charge on any atom is 0.243 e. The predicted molar refractivity (Wildman–Crippen MR) is 101 cm³/mol. The van der Waals surface area contributed by atoms with Crippen molar-refractivity contribution in [2.75, 3.05) is 33.7 Å². The highest BCUT2D eigenvalue weighted by atomic mass is 127. The van der Waals surface area contributed by atoms with Gasteiger partial charge in [-0.2, -0.15) is 0 Å². The Balaban J connectivity index is 0.00000441. The number of likely N-dealkylation sites (N-methyl/N-ethyl adjacent to an activating group) is 1. The molecule has 1 heterocycles. The molecule has 0 fully saturated rings. The van der Waals surface area contributed by atoms with Crippen LogP contribution >= 0.6 is 24.0 Å². The topological polar surface area (TPSA) is 69.6 Å². The lowest BCUT2D eigenvalue weighted by Crippen LogP contribution is -2.39. The van der Waals surface area contributed by atoms with Crippen LogP contribution < -0.4 is 10.6 Å². The molecule has 0 aliphatic carbocycles. The Bertz CT molecular complexity index is 473. The number of amides is 1. The van der Waals surface area contributed by atoms with Crippen LogP contribution in [-0.4, -0.2) is 55.5 Å². The highest BCUT2D eigenvalue weighted by Crippen LogP contribution is 1.99. The van der Waals surface area contributed by atoms with Crippen molar-refractivity contribution >= 4 is 35.8 Å². The zero-order valence-electron chi connectivity index (χ0n) is 13.7. The molecule has 0 radical (unpaired) electrons. The first-order valence-corrected chi connectivity index (χ1v) is 7.16. The van der Waals surface area contributed by atoms with Crippen LogP contribution in [0.3, 0.4) is 0 Å². The minimum Gasteiger partial charge on any atom is -0.357 e. The first-order chi connectivity index (χ1) is 10.0. The number of aryl methyl sites for hydroxylation is 1. The molecule has 1 aromatic heterocycles. The summed E-state index contributed by atoms with van der Waals surface area (Å²) >= 11 is 0. The molecule has 6 nitrogen and oxygen atoms in total. The number of carbonyl (C=O) groups is 1. The quantitative estimate of drug-likeness (QED) is 0.413. The molecule has 0 unspecified atom stereocenters. The maximum atomic E-state index is 11.5. The van der Waals surface area contributed by atoms with E-state index in [1.807, 2.05) is 26.1 Å². The van der Waals surface area contributed by atoms with Gasteiger partial charge in [0, 0.05) is 39.1 Å². The summed E-state index contributed by atoms with van der Waals surface area (Å²) < 4.78 is 0. The van der Waals surface area contributed by atoms with Crippen LogP contribution in [-0.2, 0) is 11.2 Å². The van der Waals surface area contributed by atoms with E-state index in [0.29, 0.717) is 5.96 Å². The van der Waals surface area contributed by atoms with Crippen molar-refractivity contribution in [2.45, 2.75) is 20.3 Å². The number of nitrogens with one attached hydrogen (secondary N) is 2. The zero-order chi connectivity index (χ0) is 15.7. The second-order valence-corrected chi connectivity index (χ2v) is 4.97. The third kappa shape index (κ3) is 8.16. The molecule has 0 spiro atoms. The number of hydrogen-bond acceptors (Lipinski definition) is 3. The average Bonchev–Trinajstić information content (AvgIpc) is 2.46. The molecule has 1 amide bonds. The van der Waals surface area contributed by atoms with Crippen molar-refractivity contribution in [3.63, 3.8) is 0 Å². The Morgan fingerprint density at radius 3 is 2.59 bits per heavy atom. The van der Waals surface area contributed by atoms with Crippen molar-refractivity contribution < 1.29 is 4.79 Å². The summed E-state index contributed by atoms with van der Waals surface area (Å²) in [5.74, 6) is 0.641. The number of rotatable bonds is 6. The number of hydrogen-bond donors (Lipinski definition) is 2. The minimum absolute atomic E-state index is 0. The summed E-state index contributed by atoms with van der Waals surface area (Å²) in [6.45, 7) is 5.61. The summed E-state index contributed by atoms with van der Waals surface area (Å²) in [7, 11) is 3.45. The highest BCUT2D eigenvalue weighted by Gasteiger charge is 2.03. The van der Waals surface area contributed by atoms with Crippen LogP contribution in [0.25, 0.3) is 0 Å². The van der Waals surface area contributed by atoms with Crippen LogP contribution in [0.2, 0.25) is 0 Å². The molecule has 22 heavy (non-hydrogen) atoms. The van der Waals surface area contributed by atoms with Gasteiger partial charge < -0.3 is 15.5 Å². The first kappa shape index (κ1) is 20.6. The second-order valence-electron chi connectivity index (χ2n) is 4.97. The molecular formula is C15H26IN5O. The fourth-order valence-electron chi connectivity index (χ4n) is 1.60. The predicted octanol–water partition coefficient (Wildman–Crippen LogP) is 1.19. The number of guanidine groups is 1. The number of nitrogens with zero attached hydrogens (tertiary/aromatic N) is 3. The van der Waals surface area contributed by atoms with Crippen LogP contribution in [0.1, 0.15) is 18.2 Å². The average molecular weight is 419 g/mol. The lowest BCUT2D eigenvalue weighted by Gasteiger charge is -2.12. The van der Waals surface area contributed by atoms with Gasteiger partial charge in [0.1, 0.15) is 6.54 Å². The Morgan fingerprint density at radius 1 is 1.32 bits per heavy atom. The monoisotopic (exact) mass is 419 g/mol. The van der Waals surface area contributed by atoms with Crippen LogP contribution in [0.5, 0.6) is 0 Å². The lowest BCUT2D eigenvalue weighted by molar-refractivity contribution is -0.127. The van der Waals surface area contributed by atoms with Gasteiger partial charge in [0.15, 0.2) is 5.96 Å².